The van der Waals surface area contributed by atoms with Crippen molar-refractivity contribution in [3.63, 3.8) is 0 Å². The Morgan fingerprint density at radius 3 is 2.24 bits per heavy atom. The molecule has 0 aliphatic rings. The molecular formula is C19H36OSi. The molecule has 0 heterocycles. The molecule has 0 saturated heterocycles. The van der Waals surface area contributed by atoms with E-state index in [-0.39, 0.29) is 0 Å². The van der Waals surface area contributed by atoms with Crippen molar-refractivity contribution < 1.29 is 4.43 Å². The van der Waals surface area contributed by atoms with Crippen molar-refractivity contribution >= 4 is 8.32 Å². The minimum atomic E-state index is -1.55. The highest BCUT2D eigenvalue weighted by atomic mass is 28.4. The lowest BCUT2D eigenvalue weighted by molar-refractivity contribution is 0.270. The first-order chi connectivity index (χ1) is 9.70. The minimum absolute atomic E-state index is 0.320. The van der Waals surface area contributed by atoms with E-state index < -0.39 is 8.32 Å². The molecule has 0 N–H and O–H groups in total. The molecule has 0 aliphatic carbocycles. The zero-order valence-corrected chi connectivity index (χ0v) is 16.3. The molecule has 0 aromatic rings. The highest BCUT2D eigenvalue weighted by Gasteiger charge is 2.36. The predicted molar refractivity (Wildman–Crippen MR) is 99.3 cm³/mol. The number of allylic oxidation sites excluding steroid dienone is 6. The fourth-order valence-corrected chi connectivity index (χ4v) is 2.81. The van der Waals surface area contributed by atoms with Crippen LogP contribution in [0.1, 0.15) is 53.9 Å². The molecule has 0 radical (unpaired) electrons. The molecule has 0 bridgehead atoms. The molecule has 1 unspecified atom stereocenters. The van der Waals surface area contributed by atoms with Gasteiger partial charge in [-0.2, -0.15) is 0 Å². The SMILES string of the molecule is C/C=C/C=C/C=C/CC(C)CCCO[Si](C)(C)C(C)(C)C. The maximum atomic E-state index is 6.22. The quantitative estimate of drug-likeness (QED) is 0.268. The van der Waals surface area contributed by atoms with Crippen LogP contribution in [0.5, 0.6) is 0 Å². The third-order valence-corrected chi connectivity index (χ3v) is 8.85. The molecule has 0 spiro atoms. The maximum Gasteiger partial charge on any atom is 0.191 e. The molecule has 0 fully saturated rings. The Labute approximate surface area is 134 Å². The van der Waals surface area contributed by atoms with Gasteiger partial charge in [-0.1, -0.05) is 64.2 Å². The topological polar surface area (TPSA) is 9.23 Å². The molecule has 0 aromatic carbocycles. The number of hydrogen-bond donors (Lipinski definition) is 0. The summed E-state index contributed by atoms with van der Waals surface area (Å²) in [6.45, 7) is 16.8. The summed E-state index contributed by atoms with van der Waals surface area (Å²) in [5.41, 5.74) is 0. The molecule has 1 nitrogen and oxygen atoms in total. The lowest BCUT2D eigenvalue weighted by Gasteiger charge is -2.36. The van der Waals surface area contributed by atoms with Gasteiger partial charge in [0.05, 0.1) is 0 Å². The molecule has 2 heteroatoms. The van der Waals surface area contributed by atoms with Crippen LogP contribution in [0.3, 0.4) is 0 Å². The average molecular weight is 309 g/mol. The Kier molecular flexibility index (Phi) is 9.89. The largest absolute Gasteiger partial charge is 0.417 e. The van der Waals surface area contributed by atoms with Crippen molar-refractivity contribution in [3.05, 3.63) is 36.5 Å². The van der Waals surface area contributed by atoms with Gasteiger partial charge in [0.2, 0.25) is 0 Å². The second kappa shape index (κ2) is 10.2. The van der Waals surface area contributed by atoms with Crippen molar-refractivity contribution in [1.29, 1.82) is 0 Å². The lowest BCUT2D eigenvalue weighted by atomic mass is 10.0. The van der Waals surface area contributed by atoms with E-state index in [1.165, 1.54) is 12.8 Å². The molecule has 0 amide bonds. The maximum absolute atomic E-state index is 6.22. The van der Waals surface area contributed by atoms with Crippen LogP contribution in [0.15, 0.2) is 36.5 Å². The summed E-state index contributed by atoms with van der Waals surface area (Å²) >= 11 is 0. The summed E-state index contributed by atoms with van der Waals surface area (Å²) in [5, 5.41) is 0.320. The fraction of sp³-hybridized carbons (Fsp3) is 0.684. The van der Waals surface area contributed by atoms with Gasteiger partial charge < -0.3 is 4.43 Å². The van der Waals surface area contributed by atoms with Gasteiger partial charge in [-0.25, -0.2) is 0 Å². The van der Waals surface area contributed by atoms with Crippen molar-refractivity contribution in [3.8, 4) is 0 Å². The average Bonchev–Trinajstić information content (AvgIpc) is 2.37. The van der Waals surface area contributed by atoms with Crippen LogP contribution >= 0.6 is 0 Å². The van der Waals surface area contributed by atoms with E-state index in [0.29, 0.717) is 5.04 Å². The van der Waals surface area contributed by atoms with Crippen LogP contribution in [0, 0.1) is 5.92 Å². The minimum Gasteiger partial charge on any atom is -0.417 e. The molecule has 122 valence electrons. The summed E-state index contributed by atoms with van der Waals surface area (Å²) in [5.74, 6) is 0.736. The first-order valence-corrected chi connectivity index (χ1v) is 11.2. The van der Waals surface area contributed by atoms with Gasteiger partial charge in [-0.15, -0.1) is 0 Å². The van der Waals surface area contributed by atoms with E-state index in [1.807, 2.05) is 19.1 Å². The van der Waals surface area contributed by atoms with Gasteiger partial charge in [0.15, 0.2) is 8.32 Å². The monoisotopic (exact) mass is 308 g/mol. The van der Waals surface area contributed by atoms with Gasteiger partial charge in [-0.3, -0.25) is 0 Å². The van der Waals surface area contributed by atoms with Crippen molar-refractivity contribution in [2.75, 3.05) is 6.61 Å². The van der Waals surface area contributed by atoms with E-state index in [2.05, 4.69) is 65.1 Å². The van der Waals surface area contributed by atoms with Gasteiger partial charge in [0, 0.05) is 6.61 Å². The van der Waals surface area contributed by atoms with E-state index in [4.69, 9.17) is 4.43 Å². The van der Waals surface area contributed by atoms with Gasteiger partial charge >= 0.3 is 0 Å². The van der Waals surface area contributed by atoms with Gasteiger partial charge in [-0.05, 0) is 50.2 Å². The van der Waals surface area contributed by atoms with Crippen LogP contribution in [-0.4, -0.2) is 14.9 Å². The predicted octanol–water partition coefficient (Wildman–Crippen LogP) is 6.50. The van der Waals surface area contributed by atoms with Gasteiger partial charge in [0.1, 0.15) is 0 Å². The fourth-order valence-electron chi connectivity index (χ4n) is 1.72. The molecule has 21 heavy (non-hydrogen) atoms. The third kappa shape index (κ3) is 9.86. The Balaban J connectivity index is 3.83. The smallest absolute Gasteiger partial charge is 0.191 e. The van der Waals surface area contributed by atoms with Gasteiger partial charge in [0.25, 0.3) is 0 Å². The van der Waals surface area contributed by atoms with E-state index >= 15 is 0 Å². The Morgan fingerprint density at radius 2 is 1.67 bits per heavy atom. The molecule has 0 rings (SSSR count). The van der Waals surface area contributed by atoms with Crippen LogP contribution < -0.4 is 0 Å². The third-order valence-electron chi connectivity index (χ3n) is 4.31. The molecular weight excluding hydrogens is 272 g/mol. The van der Waals surface area contributed by atoms with Crippen LogP contribution in [-0.2, 0) is 4.43 Å². The normalized spacial score (nSPS) is 15.6. The zero-order valence-electron chi connectivity index (χ0n) is 15.3. The van der Waals surface area contributed by atoms with Crippen LogP contribution in [0.25, 0.3) is 0 Å². The summed E-state index contributed by atoms with van der Waals surface area (Å²) in [4.78, 5) is 0. The summed E-state index contributed by atoms with van der Waals surface area (Å²) in [7, 11) is -1.55. The molecule has 0 aromatic heterocycles. The standard InChI is InChI=1S/C19H36OSi/c1-8-9-10-11-12-13-15-18(2)16-14-17-20-21(6,7)19(3,4)5/h8-13,18H,14-17H2,1-7H3/b9-8+,11-10+,13-12+. The second-order valence-corrected chi connectivity index (χ2v) is 12.2. The van der Waals surface area contributed by atoms with Crippen molar-refractivity contribution in [2.45, 2.75) is 72.0 Å². The van der Waals surface area contributed by atoms with E-state index in [1.54, 1.807) is 0 Å². The Morgan fingerprint density at radius 1 is 1.05 bits per heavy atom. The first kappa shape index (κ1) is 20.4. The highest BCUT2D eigenvalue weighted by molar-refractivity contribution is 6.74. The zero-order chi connectivity index (χ0) is 16.4. The Bertz CT molecular complexity index is 345. The number of rotatable bonds is 9. The molecule has 1 atom stereocenters. The highest BCUT2D eigenvalue weighted by Crippen LogP contribution is 2.36. The van der Waals surface area contributed by atoms with Crippen LogP contribution in [0.4, 0.5) is 0 Å². The van der Waals surface area contributed by atoms with Crippen LogP contribution in [0.2, 0.25) is 18.1 Å². The second-order valence-electron chi connectivity index (χ2n) is 7.43. The van der Waals surface area contributed by atoms with Crippen molar-refractivity contribution in [1.82, 2.24) is 0 Å². The van der Waals surface area contributed by atoms with E-state index in [0.717, 1.165) is 18.9 Å². The molecule has 0 saturated carbocycles. The summed E-state index contributed by atoms with van der Waals surface area (Å²) < 4.78 is 6.22. The molecule has 0 aliphatic heterocycles. The Hall–Kier alpha value is -0.603. The van der Waals surface area contributed by atoms with Crippen molar-refractivity contribution in [2.24, 2.45) is 5.92 Å². The number of hydrogen-bond acceptors (Lipinski definition) is 1. The first-order valence-electron chi connectivity index (χ1n) is 8.29. The lowest BCUT2D eigenvalue weighted by Crippen LogP contribution is -2.41. The summed E-state index contributed by atoms with van der Waals surface area (Å²) in [6, 6.07) is 0. The summed E-state index contributed by atoms with van der Waals surface area (Å²) in [6.07, 6.45) is 16.2. The van der Waals surface area contributed by atoms with E-state index in [9.17, 15) is 0 Å².